The van der Waals surface area contributed by atoms with Gasteiger partial charge in [-0.25, -0.2) is 14.0 Å². The summed E-state index contributed by atoms with van der Waals surface area (Å²) in [5.74, 6) is -1.64. The summed E-state index contributed by atoms with van der Waals surface area (Å²) in [4.78, 5) is 59.4. The normalized spacial score (nSPS) is 17.6. The van der Waals surface area contributed by atoms with E-state index in [0.717, 1.165) is 35.6 Å². The van der Waals surface area contributed by atoms with Gasteiger partial charge in [0.2, 0.25) is 5.43 Å². The minimum Gasteiger partial charge on any atom is -0.477 e. The van der Waals surface area contributed by atoms with Crippen molar-refractivity contribution in [2.24, 2.45) is 0 Å². The summed E-state index contributed by atoms with van der Waals surface area (Å²) < 4.78 is 17.1. The van der Waals surface area contributed by atoms with E-state index in [0.29, 0.717) is 55.1 Å². The van der Waals surface area contributed by atoms with Crippen LogP contribution in [0.1, 0.15) is 84.2 Å². The number of carboxylic acids is 1. The summed E-state index contributed by atoms with van der Waals surface area (Å²) >= 11 is 0. The van der Waals surface area contributed by atoms with Gasteiger partial charge in [0.15, 0.2) is 0 Å². The molecule has 2 aromatic carbocycles. The fraction of sp³-hybridized carbons (Fsp3) is 0.429. The van der Waals surface area contributed by atoms with E-state index in [1.54, 1.807) is 6.07 Å². The zero-order valence-electron chi connectivity index (χ0n) is 26.9. The highest BCUT2D eigenvalue weighted by atomic mass is 19.1. The molecule has 248 valence electrons. The highest BCUT2D eigenvalue weighted by Crippen LogP contribution is 2.41. The van der Waals surface area contributed by atoms with Crippen molar-refractivity contribution in [2.75, 3.05) is 25.0 Å². The predicted octanol–water partition coefficient (Wildman–Crippen LogP) is 4.52. The van der Waals surface area contributed by atoms with Crippen molar-refractivity contribution in [2.45, 2.75) is 77.4 Å². The van der Waals surface area contributed by atoms with E-state index in [4.69, 9.17) is 0 Å². The Morgan fingerprint density at radius 1 is 1.13 bits per heavy atom. The van der Waals surface area contributed by atoms with Crippen LogP contribution in [0, 0.1) is 12.7 Å². The summed E-state index contributed by atoms with van der Waals surface area (Å²) in [5.41, 5.74) is 2.31. The summed E-state index contributed by atoms with van der Waals surface area (Å²) in [5, 5.41) is 16.3. The van der Waals surface area contributed by atoms with Gasteiger partial charge in [0.05, 0.1) is 5.52 Å². The number of aromatic amines is 2. The Bertz CT molecular complexity index is 1980. The van der Waals surface area contributed by atoms with Crippen LogP contribution in [0.3, 0.4) is 0 Å². The maximum Gasteiger partial charge on any atom is 0.341 e. The first-order chi connectivity index (χ1) is 22.5. The Morgan fingerprint density at radius 2 is 1.91 bits per heavy atom. The summed E-state index contributed by atoms with van der Waals surface area (Å²) in [6.45, 7) is 8.33. The van der Waals surface area contributed by atoms with Crippen molar-refractivity contribution in [3.63, 3.8) is 0 Å². The third-order valence-electron chi connectivity index (χ3n) is 9.44. The number of benzene rings is 2. The van der Waals surface area contributed by atoms with E-state index in [9.17, 15) is 24.3 Å². The lowest BCUT2D eigenvalue weighted by Crippen LogP contribution is -2.50. The van der Waals surface area contributed by atoms with Gasteiger partial charge < -0.3 is 20.7 Å². The van der Waals surface area contributed by atoms with Gasteiger partial charge in [0.25, 0.3) is 5.56 Å². The van der Waals surface area contributed by atoms with Gasteiger partial charge in [-0.3, -0.25) is 24.0 Å². The second-order valence-corrected chi connectivity index (χ2v) is 12.8. The van der Waals surface area contributed by atoms with Crippen molar-refractivity contribution in [1.82, 2.24) is 24.8 Å². The lowest BCUT2D eigenvalue weighted by molar-refractivity contribution is 0.0694. The number of carbonyl (C=O) groups is 1. The number of nitrogens with zero attached hydrogens (tertiary/aromatic N) is 2. The summed E-state index contributed by atoms with van der Waals surface area (Å²) in [6.07, 6.45) is 3.30. The largest absolute Gasteiger partial charge is 0.477 e. The number of fused-ring (bicyclic) bond motifs is 1. The van der Waals surface area contributed by atoms with Crippen LogP contribution in [0.2, 0.25) is 0 Å². The highest BCUT2D eigenvalue weighted by molar-refractivity contribution is 5.94. The van der Waals surface area contributed by atoms with Gasteiger partial charge >= 0.3 is 11.7 Å². The first kappa shape index (κ1) is 32.4. The molecule has 0 bridgehead atoms. The predicted molar refractivity (Wildman–Crippen MR) is 180 cm³/mol. The van der Waals surface area contributed by atoms with Crippen molar-refractivity contribution in [3.8, 4) is 0 Å². The molecule has 2 atom stereocenters. The molecular weight excluding hydrogens is 603 g/mol. The second-order valence-electron chi connectivity index (χ2n) is 12.8. The van der Waals surface area contributed by atoms with Crippen molar-refractivity contribution < 1.29 is 14.3 Å². The number of carboxylic acid groups (broad SMARTS) is 1. The number of anilines is 2. The smallest absolute Gasteiger partial charge is 0.341 e. The highest BCUT2D eigenvalue weighted by Gasteiger charge is 2.33. The van der Waals surface area contributed by atoms with Gasteiger partial charge in [-0.1, -0.05) is 13.0 Å². The van der Waals surface area contributed by atoms with Crippen molar-refractivity contribution >= 4 is 28.4 Å². The van der Waals surface area contributed by atoms with E-state index in [1.165, 1.54) is 17.2 Å². The van der Waals surface area contributed by atoms with Crippen molar-refractivity contribution in [1.29, 1.82) is 0 Å². The van der Waals surface area contributed by atoms with Crippen LogP contribution in [-0.4, -0.2) is 56.2 Å². The number of halogens is 1. The summed E-state index contributed by atoms with van der Waals surface area (Å²) in [7, 11) is 0. The monoisotopic (exact) mass is 644 g/mol. The average molecular weight is 645 g/mol. The molecule has 1 saturated heterocycles. The second kappa shape index (κ2) is 13.3. The minimum atomic E-state index is -1.32. The third-order valence-corrected chi connectivity index (χ3v) is 9.44. The molecular formula is C35H41FN6O5. The van der Waals surface area contributed by atoms with Crippen LogP contribution in [0.25, 0.3) is 10.9 Å². The first-order valence-corrected chi connectivity index (χ1v) is 16.3. The molecule has 1 aliphatic heterocycles. The molecule has 2 aliphatic rings. The van der Waals surface area contributed by atoms with E-state index < -0.39 is 34.5 Å². The Balaban J connectivity index is 1.27. The molecule has 6 rings (SSSR count). The number of hydrogen-bond donors (Lipinski definition) is 5. The van der Waals surface area contributed by atoms with Crippen LogP contribution >= 0.6 is 0 Å². The fourth-order valence-corrected chi connectivity index (χ4v) is 6.80. The van der Waals surface area contributed by atoms with Gasteiger partial charge in [0.1, 0.15) is 17.2 Å². The average Bonchev–Trinajstić information content (AvgIpc) is 3.87. The molecule has 0 radical (unpaired) electrons. The fourth-order valence-electron chi connectivity index (χ4n) is 6.80. The van der Waals surface area contributed by atoms with E-state index in [1.807, 2.05) is 25.1 Å². The number of H-pyrrole nitrogens is 2. The molecule has 1 aliphatic carbocycles. The zero-order chi connectivity index (χ0) is 33.4. The molecule has 0 spiro atoms. The third kappa shape index (κ3) is 6.79. The number of rotatable bonds is 11. The zero-order valence-corrected chi connectivity index (χ0v) is 26.9. The number of nitrogens with one attached hydrogen (secondary N) is 4. The van der Waals surface area contributed by atoms with E-state index >= 15 is 4.39 Å². The minimum absolute atomic E-state index is 0.00354. The van der Waals surface area contributed by atoms with Crippen LogP contribution in [0.4, 0.5) is 15.9 Å². The molecule has 12 heteroatoms. The SMILES string of the molecule is CCc1cc(Nc2cc(=O)n(CCC[C@@H](c3cc4[nH]c(C5CC5)c(C(=O)O)c(=O)c4cc3F)N3CCNC(C)C3)c(=O)[nH]2)ccc1C. The van der Waals surface area contributed by atoms with E-state index in [2.05, 4.69) is 39.3 Å². The Kier molecular flexibility index (Phi) is 9.16. The maximum atomic E-state index is 15.9. The van der Waals surface area contributed by atoms with E-state index in [-0.39, 0.29) is 29.5 Å². The molecule has 5 N–H and O–H groups in total. The molecule has 2 aromatic heterocycles. The Morgan fingerprint density at radius 3 is 2.60 bits per heavy atom. The number of hydrogen-bond acceptors (Lipinski definition) is 7. The molecule has 1 saturated carbocycles. The van der Waals surface area contributed by atoms with Crippen LogP contribution < -0.4 is 27.3 Å². The van der Waals surface area contributed by atoms with Crippen LogP contribution in [0.15, 0.2) is 50.8 Å². The molecule has 4 aromatic rings. The Labute approximate surface area is 270 Å². The molecule has 1 unspecified atom stereocenters. The van der Waals surface area contributed by atoms with Gasteiger partial charge in [-0.05, 0) is 81.3 Å². The Hall–Kier alpha value is -4.55. The number of aromatic nitrogens is 3. The quantitative estimate of drug-likeness (QED) is 0.160. The van der Waals surface area contributed by atoms with Gasteiger partial charge in [0, 0.05) is 72.6 Å². The lowest BCUT2D eigenvalue weighted by Gasteiger charge is -2.38. The molecule has 0 amide bonds. The number of piperazine rings is 1. The molecule has 3 heterocycles. The summed E-state index contributed by atoms with van der Waals surface area (Å²) in [6, 6.07) is 9.79. The topological polar surface area (TPSA) is 152 Å². The lowest BCUT2D eigenvalue weighted by atomic mass is 9.95. The van der Waals surface area contributed by atoms with Crippen molar-refractivity contribution in [3.05, 3.63) is 101 Å². The van der Waals surface area contributed by atoms with Crippen LogP contribution in [-0.2, 0) is 13.0 Å². The standard InChI is InChI=1S/C35H41FN6O5/c1-4-21-14-23(10-7-19(21)2)38-29-17-30(43)42(35(47)40-29)12-5-6-28(41-13-11-37-20(3)18-41)24-16-27-25(15-26(24)36)33(44)31(34(45)46)32(39-27)22-8-9-22/h7,10,14-17,20,22,28,37-38H,4-6,8-9,11-13,18H2,1-3H3,(H,39,44)(H,40,47)(H,45,46)/t20?,28-/m0/s1. The molecule has 11 nitrogen and oxygen atoms in total. The first-order valence-electron chi connectivity index (χ1n) is 16.3. The molecule has 2 fully saturated rings. The maximum absolute atomic E-state index is 15.9. The van der Waals surface area contributed by atoms with Gasteiger partial charge in [-0.2, -0.15) is 0 Å². The molecule has 47 heavy (non-hydrogen) atoms. The number of aromatic carboxylic acids is 1. The van der Waals surface area contributed by atoms with Gasteiger partial charge in [-0.15, -0.1) is 0 Å². The number of aryl methyl sites for hydroxylation is 2. The van der Waals surface area contributed by atoms with Crippen LogP contribution in [0.5, 0.6) is 0 Å². The number of pyridine rings is 1.